The lowest BCUT2D eigenvalue weighted by Crippen LogP contribution is -2.06. The second kappa shape index (κ2) is 5.43. The van der Waals surface area contributed by atoms with E-state index in [2.05, 4.69) is 15.9 Å². The highest BCUT2D eigenvalue weighted by atomic mass is 79.9. The molecule has 0 aromatic heterocycles. The Morgan fingerprint density at radius 2 is 1.63 bits per heavy atom. The molecule has 0 radical (unpaired) electrons. The molecule has 1 atom stereocenters. The van der Waals surface area contributed by atoms with Crippen LogP contribution in [0.2, 0.25) is 0 Å². The zero-order valence-corrected chi connectivity index (χ0v) is 12.8. The van der Waals surface area contributed by atoms with E-state index in [1.165, 1.54) is 17.7 Å². The molecule has 3 heteroatoms. The molecule has 100 valence electrons. The Morgan fingerprint density at radius 3 is 2.16 bits per heavy atom. The Kier molecular flexibility index (Phi) is 4.07. The van der Waals surface area contributed by atoms with E-state index in [4.69, 9.17) is 0 Å². The molecule has 0 saturated heterocycles. The molecule has 0 amide bonds. The summed E-state index contributed by atoms with van der Waals surface area (Å²) in [5.74, 6) is -0.319. The molecule has 0 heterocycles. The van der Waals surface area contributed by atoms with E-state index in [1.54, 1.807) is 6.07 Å². The minimum absolute atomic E-state index is 0.319. The van der Waals surface area contributed by atoms with Crippen LogP contribution in [0.4, 0.5) is 4.39 Å². The van der Waals surface area contributed by atoms with Gasteiger partial charge in [0.05, 0.1) is 0 Å². The number of aryl methyl sites for hydroxylation is 3. The Labute approximate surface area is 121 Å². The van der Waals surface area contributed by atoms with Gasteiger partial charge in [-0.15, -0.1) is 0 Å². The molecule has 0 aliphatic heterocycles. The summed E-state index contributed by atoms with van der Waals surface area (Å²) >= 11 is 3.31. The van der Waals surface area contributed by atoms with Gasteiger partial charge in [0.15, 0.2) is 0 Å². The lowest BCUT2D eigenvalue weighted by atomic mass is 9.92. The predicted molar refractivity (Wildman–Crippen MR) is 78.8 cm³/mol. The van der Waals surface area contributed by atoms with Crippen molar-refractivity contribution in [3.63, 3.8) is 0 Å². The highest BCUT2D eigenvalue weighted by Crippen LogP contribution is 2.33. The van der Waals surface area contributed by atoms with Crippen molar-refractivity contribution in [3.05, 3.63) is 68.4 Å². The average Bonchev–Trinajstić information content (AvgIpc) is 2.26. The van der Waals surface area contributed by atoms with Crippen molar-refractivity contribution in [1.29, 1.82) is 0 Å². The van der Waals surface area contributed by atoms with Crippen molar-refractivity contribution in [3.8, 4) is 0 Å². The van der Waals surface area contributed by atoms with Gasteiger partial charge in [0.25, 0.3) is 0 Å². The van der Waals surface area contributed by atoms with E-state index in [0.29, 0.717) is 10.0 Å². The number of halogens is 2. The van der Waals surface area contributed by atoms with Gasteiger partial charge in [0.2, 0.25) is 0 Å². The van der Waals surface area contributed by atoms with Gasteiger partial charge in [-0.05, 0) is 55.2 Å². The topological polar surface area (TPSA) is 20.2 Å². The summed E-state index contributed by atoms with van der Waals surface area (Å²) in [5.41, 5.74) is 4.82. The maximum Gasteiger partial charge on any atom is 0.124 e. The summed E-state index contributed by atoms with van der Waals surface area (Å²) in [7, 11) is 0. The first-order valence-electron chi connectivity index (χ1n) is 6.11. The molecule has 1 unspecified atom stereocenters. The summed E-state index contributed by atoms with van der Waals surface area (Å²) in [6.07, 6.45) is -0.754. The predicted octanol–water partition coefficient (Wildman–Crippen LogP) is 4.60. The van der Waals surface area contributed by atoms with Crippen LogP contribution in [0.1, 0.15) is 33.9 Å². The first-order valence-corrected chi connectivity index (χ1v) is 6.90. The van der Waals surface area contributed by atoms with Crippen LogP contribution in [0.25, 0.3) is 0 Å². The number of aliphatic hydroxyl groups is 1. The zero-order valence-electron chi connectivity index (χ0n) is 11.2. The van der Waals surface area contributed by atoms with Crippen LogP contribution in [-0.4, -0.2) is 5.11 Å². The van der Waals surface area contributed by atoms with Crippen LogP contribution in [0, 0.1) is 26.6 Å². The highest BCUT2D eigenvalue weighted by molar-refractivity contribution is 9.10. The lowest BCUT2D eigenvalue weighted by molar-refractivity contribution is 0.218. The third-order valence-corrected chi connectivity index (χ3v) is 3.96. The van der Waals surface area contributed by atoms with Gasteiger partial charge in [-0.1, -0.05) is 39.7 Å². The van der Waals surface area contributed by atoms with Crippen LogP contribution >= 0.6 is 15.9 Å². The molecule has 0 fully saturated rings. The van der Waals surface area contributed by atoms with Crippen molar-refractivity contribution in [2.24, 2.45) is 0 Å². The number of hydrogen-bond donors (Lipinski definition) is 1. The Balaban J connectivity index is 2.53. The quantitative estimate of drug-likeness (QED) is 0.857. The largest absolute Gasteiger partial charge is 0.384 e. The maximum absolute atomic E-state index is 13.1. The molecule has 0 aliphatic rings. The SMILES string of the molecule is Cc1cc(C)c(C(O)c2ccc(F)cc2Br)c(C)c1. The number of hydrogen-bond acceptors (Lipinski definition) is 1. The molecular weight excluding hydrogens is 307 g/mol. The number of aliphatic hydroxyl groups excluding tert-OH is 1. The highest BCUT2D eigenvalue weighted by Gasteiger charge is 2.18. The molecule has 0 saturated carbocycles. The molecule has 0 aliphatic carbocycles. The Morgan fingerprint density at radius 1 is 1.05 bits per heavy atom. The van der Waals surface area contributed by atoms with E-state index >= 15 is 0 Å². The van der Waals surface area contributed by atoms with E-state index in [9.17, 15) is 9.50 Å². The molecular formula is C16H16BrFO. The molecule has 2 aromatic rings. The Bertz CT molecular complexity index is 599. The van der Waals surface area contributed by atoms with E-state index in [-0.39, 0.29) is 5.82 Å². The molecule has 0 spiro atoms. The second-order valence-electron chi connectivity index (χ2n) is 4.88. The number of rotatable bonds is 2. The van der Waals surface area contributed by atoms with Gasteiger partial charge < -0.3 is 5.11 Å². The second-order valence-corrected chi connectivity index (χ2v) is 5.74. The summed E-state index contributed by atoms with van der Waals surface area (Å²) in [6, 6.07) is 8.44. The molecule has 0 bridgehead atoms. The van der Waals surface area contributed by atoms with Gasteiger partial charge in [0.1, 0.15) is 11.9 Å². The molecule has 1 N–H and O–H groups in total. The van der Waals surface area contributed by atoms with Crippen molar-refractivity contribution in [1.82, 2.24) is 0 Å². The molecule has 2 rings (SSSR count). The fraction of sp³-hybridized carbons (Fsp3) is 0.250. The van der Waals surface area contributed by atoms with E-state index in [1.807, 2.05) is 32.9 Å². The fourth-order valence-electron chi connectivity index (χ4n) is 2.50. The zero-order chi connectivity index (χ0) is 14.2. The van der Waals surface area contributed by atoms with E-state index < -0.39 is 6.10 Å². The minimum Gasteiger partial charge on any atom is -0.384 e. The average molecular weight is 323 g/mol. The standard InChI is InChI=1S/C16H16BrFO/c1-9-6-10(2)15(11(3)7-9)16(19)13-5-4-12(18)8-14(13)17/h4-8,16,19H,1-3H3. The van der Waals surface area contributed by atoms with Gasteiger partial charge in [0, 0.05) is 4.47 Å². The number of benzene rings is 2. The lowest BCUT2D eigenvalue weighted by Gasteiger charge is -2.19. The third-order valence-electron chi connectivity index (χ3n) is 3.27. The normalized spacial score (nSPS) is 12.5. The van der Waals surface area contributed by atoms with Gasteiger partial charge in [-0.25, -0.2) is 4.39 Å². The van der Waals surface area contributed by atoms with Crippen molar-refractivity contribution in [2.75, 3.05) is 0 Å². The summed E-state index contributed by atoms with van der Waals surface area (Å²) in [6.45, 7) is 6.00. The minimum atomic E-state index is -0.754. The summed E-state index contributed by atoms with van der Waals surface area (Å²) < 4.78 is 13.7. The first kappa shape index (κ1) is 14.2. The van der Waals surface area contributed by atoms with Crippen LogP contribution in [-0.2, 0) is 0 Å². The summed E-state index contributed by atoms with van der Waals surface area (Å²) in [5, 5.41) is 10.6. The summed E-state index contributed by atoms with van der Waals surface area (Å²) in [4.78, 5) is 0. The van der Waals surface area contributed by atoms with Crippen molar-refractivity contribution in [2.45, 2.75) is 26.9 Å². The molecule has 1 nitrogen and oxygen atoms in total. The van der Waals surface area contributed by atoms with Gasteiger partial charge >= 0.3 is 0 Å². The molecule has 19 heavy (non-hydrogen) atoms. The smallest absolute Gasteiger partial charge is 0.124 e. The van der Waals surface area contributed by atoms with Crippen molar-refractivity contribution < 1.29 is 9.50 Å². The van der Waals surface area contributed by atoms with Gasteiger partial charge in [-0.3, -0.25) is 0 Å². The monoisotopic (exact) mass is 322 g/mol. The third kappa shape index (κ3) is 2.88. The van der Waals surface area contributed by atoms with Crippen LogP contribution in [0.15, 0.2) is 34.8 Å². The Hall–Kier alpha value is -1.19. The van der Waals surface area contributed by atoms with Crippen LogP contribution in [0.5, 0.6) is 0 Å². The van der Waals surface area contributed by atoms with Crippen LogP contribution in [0.3, 0.4) is 0 Å². The maximum atomic E-state index is 13.1. The molecule has 2 aromatic carbocycles. The van der Waals surface area contributed by atoms with Gasteiger partial charge in [-0.2, -0.15) is 0 Å². The fourth-order valence-corrected chi connectivity index (χ4v) is 3.07. The van der Waals surface area contributed by atoms with Crippen LogP contribution < -0.4 is 0 Å². The van der Waals surface area contributed by atoms with Crippen molar-refractivity contribution >= 4 is 15.9 Å². The first-order chi connectivity index (χ1) is 8.90. The van der Waals surface area contributed by atoms with E-state index in [0.717, 1.165) is 16.7 Å².